The Labute approximate surface area is 99.2 Å². The van der Waals surface area contributed by atoms with Crippen LogP contribution in [0.5, 0.6) is 0 Å². The first kappa shape index (κ1) is 12.8. The third-order valence-corrected chi connectivity index (χ3v) is 4.22. The average Bonchev–Trinajstić information content (AvgIpc) is 2.10. The fourth-order valence-electron chi connectivity index (χ4n) is 1.37. The van der Waals surface area contributed by atoms with Gasteiger partial charge >= 0.3 is 0 Å². The highest BCUT2D eigenvalue weighted by Crippen LogP contribution is 2.29. The Kier molecular flexibility index (Phi) is 4.00. The van der Waals surface area contributed by atoms with Crippen molar-refractivity contribution >= 4 is 33.2 Å². The average molecular weight is 268 g/mol. The Bertz CT molecular complexity index is 459. The summed E-state index contributed by atoms with van der Waals surface area (Å²) in [5.74, 6) is 0. The van der Waals surface area contributed by atoms with Crippen LogP contribution in [0.15, 0.2) is 18.2 Å². The van der Waals surface area contributed by atoms with Gasteiger partial charge in [-0.2, -0.15) is 0 Å². The van der Waals surface area contributed by atoms with Gasteiger partial charge in [-0.05, 0) is 24.1 Å². The maximum Gasteiger partial charge on any atom is 0.216 e. The van der Waals surface area contributed by atoms with Crippen LogP contribution in [-0.2, 0) is 10.0 Å². The Balaban J connectivity index is 3.20. The van der Waals surface area contributed by atoms with E-state index >= 15 is 0 Å². The van der Waals surface area contributed by atoms with Crippen molar-refractivity contribution in [2.75, 3.05) is 0 Å². The molecule has 0 bridgehead atoms. The molecule has 3 nitrogen and oxygen atoms in total. The minimum atomic E-state index is -3.60. The first-order valence-corrected chi connectivity index (χ1v) is 6.69. The highest BCUT2D eigenvalue weighted by molar-refractivity contribution is 7.89. The molecule has 0 saturated carbocycles. The first-order valence-electron chi connectivity index (χ1n) is 4.32. The maximum absolute atomic E-state index is 11.3. The van der Waals surface area contributed by atoms with E-state index in [0.29, 0.717) is 22.0 Å². The van der Waals surface area contributed by atoms with Crippen molar-refractivity contribution in [2.45, 2.75) is 18.6 Å². The van der Waals surface area contributed by atoms with Crippen LogP contribution >= 0.6 is 23.2 Å². The van der Waals surface area contributed by atoms with E-state index in [1.807, 2.05) is 0 Å². The monoisotopic (exact) mass is 267 g/mol. The Morgan fingerprint density at radius 3 is 2.33 bits per heavy atom. The molecule has 84 valence electrons. The standard InChI is InChI=1S/C9H11Cl2NO2S/c1-2-9(15(12,13)14)6-3-4-7(10)8(11)5-6/h3-5,9H,2H2,1H3,(H2,12,13,14). The van der Waals surface area contributed by atoms with Crippen LogP contribution in [-0.4, -0.2) is 8.42 Å². The van der Waals surface area contributed by atoms with E-state index in [0.717, 1.165) is 0 Å². The predicted molar refractivity (Wildman–Crippen MR) is 62.6 cm³/mol. The van der Waals surface area contributed by atoms with Crippen molar-refractivity contribution in [2.24, 2.45) is 5.14 Å². The molecule has 2 N–H and O–H groups in total. The maximum atomic E-state index is 11.3. The molecule has 6 heteroatoms. The van der Waals surface area contributed by atoms with Gasteiger partial charge in [0.2, 0.25) is 10.0 Å². The van der Waals surface area contributed by atoms with E-state index in [9.17, 15) is 8.42 Å². The van der Waals surface area contributed by atoms with Crippen molar-refractivity contribution < 1.29 is 8.42 Å². The molecule has 0 aromatic heterocycles. The SMILES string of the molecule is CCC(c1ccc(Cl)c(Cl)c1)S(N)(=O)=O. The molecule has 1 atom stereocenters. The fourth-order valence-corrected chi connectivity index (χ4v) is 2.67. The molecule has 15 heavy (non-hydrogen) atoms. The normalized spacial score (nSPS) is 13.9. The molecule has 0 aliphatic heterocycles. The smallest absolute Gasteiger partial charge is 0.216 e. The Hall–Kier alpha value is -0.290. The summed E-state index contributed by atoms with van der Waals surface area (Å²) in [5, 5.41) is 5.10. The zero-order valence-electron chi connectivity index (χ0n) is 8.07. The van der Waals surface area contributed by atoms with Crippen molar-refractivity contribution in [3.8, 4) is 0 Å². The Morgan fingerprint density at radius 1 is 1.33 bits per heavy atom. The molecule has 1 aromatic carbocycles. The van der Waals surface area contributed by atoms with Crippen molar-refractivity contribution in [1.29, 1.82) is 0 Å². The zero-order chi connectivity index (χ0) is 11.6. The highest BCUT2D eigenvalue weighted by Gasteiger charge is 2.21. The van der Waals surface area contributed by atoms with E-state index in [1.165, 1.54) is 6.07 Å². The van der Waals surface area contributed by atoms with Crippen LogP contribution in [0, 0.1) is 0 Å². The predicted octanol–water partition coefficient (Wildman–Crippen LogP) is 2.73. The van der Waals surface area contributed by atoms with Gasteiger partial charge in [0, 0.05) is 0 Å². The summed E-state index contributed by atoms with van der Waals surface area (Å²) < 4.78 is 22.5. The van der Waals surface area contributed by atoms with Gasteiger partial charge in [0.05, 0.1) is 15.3 Å². The lowest BCUT2D eigenvalue weighted by Gasteiger charge is -2.13. The van der Waals surface area contributed by atoms with Crippen LogP contribution in [0.2, 0.25) is 10.0 Å². The number of sulfonamides is 1. The van der Waals surface area contributed by atoms with Gasteiger partial charge in [-0.3, -0.25) is 0 Å². The van der Waals surface area contributed by atoms with Crippen LogP contribution in [0.3, 0.4) is 0 Å². The molecule has 1 unspecified atom stereocenters. The minimum Gasteiger partial charge on any atom is -0.228 e. The number of hydrogen-bond donors (Lipinski definition) is 1. The summed E-state index contributed by atoms with van der Waals surface area (Å²) in [5.41, 5.74) is 0.564. The summed E-state index contributed by atoms with van der Waals surface area (Å²) >= 11 is 11.5. The highest BCUT2D eigenvalue weighted by atomic mass is 35.5. The van der Waals surface area contributed by atoms with Crippen molar-refractivity contribution in [3.05, 3.63) is 33.8 Å². The van der Waals surface area contributed by atoms with Gasteiger partial charge < -0.3 is 0 Å². The third kappa shape index (κ3) is 3.08. The summed E-state index contributed by atoms with van der Waals surface area (Å²) in [6.45, 7) is 1.75. The van der Waals surface area contributed by atoms with E-state index in [2.05, 4.69) is 0 Å². The molecule has 0 amide bonds. The Morgan fingerprint density at radius 2 is 1.93 bits per heavy atom. The topological polar surface area (TPSA) is 60.2 Å². The van der Waals surface area contributed by atoms with Gasteiger partial charge in [-0.1, -0.05) is 36.2 Å². The van der Waals surface area contributed by atoms with E-state index < -0.39 is 15.3 Å². The fraction of sp³-hybridized carbons (Fsp3) is 0.333. The number of halogens is 2. The van der Waals surface area contributed by atoms with Gasteiger partial charge in [-0.25, -0.2) is 13.6 Å². The molecule has 0 aliphatic carbocycles. The second-order valence-electron chi connectivity index (χ2n) is 3.16. The molecular formula is C9H11Cl2NO2S. The second-order valence-corrected chi connectivity index (χ2v) is 5.72. The molecule has 1 rings (SSSR count). The largest absolute Gasteiger partial charge is 0.228 e. The lowest BCUT2D eigenvalue weighted by molar-refractivity contribution is 0.581. The van der Waals surface area contributed by atoms with Crippen LogP contribution in [0.25, 0.3) is 0 Å². The molecule has 1 aromatic rings. The molecule has 0 radical (unpaired) electrons. The van der Waals surface area contributed by atoms with Crippen LogP contribution in [0.1, 0.15) is 24.2 Å². The van der Waals surface area contributed by atoms with Crippen molar-refractivity contribution in [3.63, 3.8) is 0 Å². The minimum absolute atomic E-state index is 0.330. The lowest BCUT2D eigenvalue weighted by Crippen LogP contribution is -2.21. The van der Waals surface area contributed by atoms with E-state index in [-0.39, 0.29) is 0 Å². The molecule has 0 heterocycles. The second kappa shape index (κ2) is 4.70. The number of primary sulfonamides is 1. The van der Waals surface area contributed by atoms with E-state index in [4.69, 9.17) is 28.3 Å². The molecule has 0 aliphatic rings. The van der Waals surface area contributed by atoms with Crippen LogP contribution in [0.4, 0.5) is 0 Å². The van der Waals surface area contributed by atoms with Gasteiger partial charge in [-0.15, -0.1) is 0 Å². The molecular weight excluding hydrogens is 257 g/mol. The van der Waals surface area contributed by atoms with Gasteiger partial charge in [0.1, 0.15) is 0 Å². The lowest BCUT2D eigenvalue weighted by atomic mass is 10.1. The quantitative estimate of drug-likeness (QED) is 0.916. The van der Waals surface area contributed by atoms with Gasteiger partial charge in [0.15, 0.2) is 0 Å². The van der Waals surface area contributed by atoms with Crippen LogP contribution < -0.4 is 5.14 Å². The summed E-state index contributed by atoms with van der Waals surface area (Å²) in [7, 11) is -3.60. The molecule has 0 fully saturated rings. The van der Waals surface area contributed by atoms with Gasteiger partial charge in [0.25, 0.3) is 0 Å². The van der Waals surface area contributed by atoms with Crippen molar-refractivity contribution in [1.82, 2.24) is 0 Å². The number of benzene rings is 1. The number of hydrogen-bond acceptors (Lipinski definition) is 2. The third-order valence-electron chi connectivity index (χ3n) is 2.08. The summed E-state index contributed by atoms with van der Waals surface area (Å²) in [6.07, 6.45) is 0.400. The van der Waals surface area contributed by atoms with E-state index in [1.54, 1.807) is 19.1 Å². The molecule has 0 saturated heterocycles. The summed E-state index contributed by atoms with van der Waals surface area (Å²) in [6, 6.07) is 4.71. The number of rotatable bonds is 3. The summed E-state index contributed by atoms with van der Waals surface area (Å²) in [4.78, 5) is 0. The molecule has 0 spiro atoms. The number of nitrogens with two attached hydrogens (primary N) is 1. The first-order chi connectivity index (χ1) is 6.86. The zero-order valence-corrected chi connectivity index (χ0v) is 10.4.